The standard InChI is InChI=1S/C24H29N3/c1-23(2)15-17(16-24(3,4)27-23)13-21-11-12-22(26-25-21)20-10-9-18-7-5-6-8-19(18)14-20/h5-12,14,17,27H,13,15-16H2,1-4H3. The highest BCUT2D eigenvalue weighted by Crippen LogP contribution is 2.34. The largest absolute Gasteiger partial charge is 0.307 e. The van der Waals surface area contributed by atoms with E-state index in [1.807, 2.05) is 0 Å². The minimum Gasteiger partial charge on any atom is -0.307 e. The van der Waals surface area contributed by atoms with Crippen LogP contribution in [0.4, 0.5) is 0 Å². The zero-order valence-electron chi connectivity index (χ0n) is 16.8. The summed E-state index contributed by atoms with van der Waals surface area (Å²) in [4.78, 5) is 0. The molecule has 0 saturated carbocycles. The van der Waals surface area contributed by atoms with Gasteiger partial charge in [-0.1, -0.05) is 36.4 Å². The zero-order chi connectivity index (χ0) is 19.1. The maximum atomic E-state index is 4.55. The molecule has 1 fully saturated rings. The molecule has 3 aromatic rings. The molecule has 1 N–H and O–H groups in total. The summed E-state index contributed by atoms with van der Waals surface area (Å²) in [6.45, 7) is 9.20. The Labute approximate surface area is 162 Å². The minimum atomic E-state index is 0.172. The lowest BCUT2D eigenvalue weighted by atomic mass is 9.74. The van der Waals surface area contributed by atoms with Crippen molar-refractivity contribution in [2.45, 2.75) is 58.0 Å². The average molecular weight is 360 g/mol. The van der Waals surface area contributed by atoms with Gasteiger partial charge in [-0.3, -0.25) is 0 Å². The smallest absolute Gasteiger partial charge is 0.0930 e. The third-order valence-electron chi connectivity index (χ3n) is 5.54. The highest BCUT2D eigenvalue weighted by molar-refractivity contribution is 5.86. The Bertz CT molecular complexity index is 925. The summed E-state index contributed by atoms with van der Waals surface area (Å²) in [7, 11) is 0. The van der Waals surface area contributed by atoms with Crippen molar-refractivity contribution >= 4 is 10.8 Å². The second kappa shape index (κ2) is 6.72. The fourth-order valence-corrected chi connectivity index (χ4v) is 4.95. The first-order valence-electron chi connectivity index (χ1n) is 9.91. The van der Waals surface area contributed by atoms with E-state index in [0.717, 1.165) is 23.4 Å². The molecule has 0 atom stereocenters. The van der Waals surface area contributed by atoms with E-state index in [0.29, 0.717) is 5.92 Å². The van der Waals surface area contributed by atoms with Gasteiger partial charge in [0, 0.05) is 16.6 Å². The van der Waals surface area contributed by atoms with E-state index in [-0.39, 0.29) is 11.1 Å². The number of hydrogen-bond acceptors (Lipinski definition) is 3. The quantitative estimate of drug-likeness (QED) is 0.681. The number of nitrogens with zero attached hydrogens (tertiary/aromatic N) is 2. The van der Waals surface area contributed by atoms with Gasteiger partial charge in [0.2, 0.25) is 0 Å². The van der Waals surface area contributed by atoms with Crippen LogP contribution in [0.3, 0.4) is 0 Å². The molecule has 0 aliphatic carbocycles. The molecule has 27 heavy (non-hydrogen) atoms. The molecule has 1 aliphatic heterocycles. The van der Waals surface area contributed by atoms with E-state index < -0.39 is 0 Å². The van der Waals surface area contributed by atoms with Crippen LogP contribution in [-0.4, -0.2) is 21.3 Å². The number of fused-ring (bicyclic) bond motifs is 1. The van der Waals surface area contributed by atoms with Crippen molar-refractivity contribution in [3.63, 3.8) is 0 Å². The Balaban J connectivity index is 1.51. The van der Waals surface area contributed by atoms with Crippen molar-refractivity contribution in [1.29, 1.82) is 0 Å². The maximum absolute atomic E-state index is 4.55. The van der Waals surface area contributed by atoms with Crippen LogP contribution < -0.4 is 5.32 Å². The van der Waals surface area contributed by atoms with Gasteiger partial charge in [0.05, 0.1) is 11.4 Å². The van der Waals surface area contributed by atoms with Crippen LogP contribution in [0, 0.1) is 5.92 Å². The van der Waals surface area contributed by atoms with Crippen LogP contribution in [0.25, 0.3) is 22.0 Å². The first-order chi connectivity index (χ1) is 12.8. The summed E-state index contributed by atoms with van der Waals surface area (Å²) in [5.74, 6) is 0.636. The summed E-state index contributed by atoms with van der Waals surface area (Å²) in [6.07, 6.45) is 3.34. The van der Waals surface area contributed by atoms with Crippen LogP contribution in [-0.2, 0) is 6.42 Å². The average Bonchev–Trinajstić information content (AvgIpc) is 2.59. The Hall–Kier alpha value is -2.26. The Morgan fingerprint density at radius 3 is 2.22 bits per heavy atom. The molecule has 2 heterocycles. The molecule has 0 spiro atoms. The van der Waals surface area contributed by atoms with Crippen LogP contribution in [0.2, 0.25) is 0 Å². The predicted molar refractivity (Wildman–Crippen MR) is 113 cm³/mol. The first-order valence-corrected chi connectivity index (χ1v) is 9.91. The van der Waals surface area contributed by atoms with Gasteiger partial charge in [-0.25, -0.2) is 0 Å². The van der Waals surface area contributed by atoms with Gasteiger partial charge in [0.1, 0.15) is 0 Å². The molecule has 0 radical (unpaired) electrons. The van der Waals surface area contributed by atoms with Crippen molar-refractivity contribution in [1.82, 2.24) is 15.5 Å². The summed E-state index contributed by atoms with van der Waals surface area (Å²) in [6, 6.07) is 19.2. The highest BCUT2D eigenvalue weighted by Gasteiger charge is 2.37. The third-order valence-corrected chi connectivity index (χ3v) is 5.54. The molecule has 1 aliphatic rings. The Morgan fingerprint density at radius 2 is 1.56 bits per heavy atom. The molecule has 0 unspecified atom stereocenters. The van der Waals surface area contributed by atoms with E-state index in [9.17, 15) is 0 Å². The lowest BCUT2D eigenvalue weighted by molar-refractivity contribution is 0.128. The summed E-state index contributed by atoms with van der Waals surface area (Å²) in [5.41, 5.74) is 3.50. The lowest BCUT2D eigenvalue weighted by Crippen LogP contribution is -2.58. The molecule has 0 bridgehead atoms. The van der Waals surface area contributed by atoms with Crippen LogP contribution in [0.15, 0.2) is 54.6 Å². The second-order valence-corrected chi connectivity index (χ2v) is 9.34. The summed E-state index contributed by atoms with van der Waals surface area (Å²) < 4.78 is 0. The molecule has 1 aromatic heterocycles. The van der Waals surface area contributed by atoms with Gasteiger partial charge in [0.25, 0.3) is 0 Å². The maximum Gasteiger partial charge on any atom is 0.0930 e. The fraction of sp³-hybridized carbons (Fsp3) is 0.417. The highest BCUT2D eigenvalue weighted by atomic mass is 15.1. The van der Waals surface area contributed by atoms with Gasteiger partial charge in [-0.2, -0.15) is 10.2 Å². The van der Waals surface area contributed by atoms with Gasteiger partial charge < -0.3 is 5.32 Å². The van der Waals surface area contributed by atoms with Crippen molar-refractivity contribution in [2.24, 2.45) is 5.92 Å². The fourth-order valence-electron chi connectivity index (χ4n) is 4.95. The molecule has 4 rings (SSSR count). The van der Waals surface area contributed by atoms with Gasteiger partial charge in [0.15, 0.2) is 0 Å². The molecular formula is C24H29N3. The van der Waals surface area contributed by atoms with Gasteiger partial charge in [-0.15, -0.1) is 0 Å². The number of aromatic nitrogens is 2. The topological polar surface area (TPSA) is 37.8 Å². The van der Waals surface area contributed by atoms with E-state index in [4.69, 9.17) is 0 Å². The van der Waals surface area contributed by atoms with E-state index >= 15 is 0 Å². The minimum absolute atomic E-state index is 0.172. The third kappa shape index (κ3) is 4.19. The molecular weight excluding hydrogens is 330 g/mol. The van der Waals surface area contributed by atoms with Crippen LogP contribution in [0.5, 0.6) is 0 Å². The second-order valence-electron chi connectivity index (χ2n) is 9.34. The lowest BCUT2D eigenvalue weighted by Gasteiger charge is -2.46. The molecule has 1 saturated heterocycles. The Kier molecular flexibility index (Phi) is 4.51. The Morgan fingerprint density at radius 1 is 0.852 bits per heavy atom. The number of benzene rings is 2. The van der Waals surface area contributed by atoms with Crippen LogP contribution >= 0.6 is 0 Å². The molecule has 140 valence electrons. The number of nitrogens with one attached hydrogen (secondary N) is 1. The number of rotatable bonds is 3. The monoisotopic (exact) mass is 359 g/mol. The SMILES string of the molecule is CC1(C)CC(Cc2ccc(-c3ccc4ccccc4c3)nn2)CC(C)(C)N1. The normalized spacial score (nSPS) is 19.3. The molecule has 2 aromatic carbocycles. The van der Waals surface area contributed by atoms with Crippen LogP contribution in [0.1, 0.15) is 46.2 Å². The zero-order valence-corrected chi connectivity index (χ0v) is 16.8. The molecule has 3 heteroatoms. The summed E-state index contributed by atoms with van der Waals surface area (Å²) >= 11 is 0. The summed E-state index contributed by atoms with van der Waals surface area (Å²) in [5, 5.41) is 15.3. The molecule has 3 nitrogen and oxygen atoms in total. The molecule has 0 amide bonds. The number of piperidine rings is 1. The van der Waals surface area contributed by atoms with Crippen molar-refractivity contribution in [3.05, 3.63) is 60.3 Å². The predicted octanol–water partition coefficient (Wildman–Crippen LogP) is 5.40. The van der Waals surface area contributed by atoms with Crippen molar-refractivity contribution < 1.29 is 0 Å². The first kappa shape index (κ1) is 18.1. The van der Waals surface area contributed by atoms with Crippen molar-refractivity contribution in [3.8, 4) is 11.3 Å². The van der Waals surface area contributed by atoms with E-state index in [1.165, 1.54) is 23.6 Å². The van der Waals surface area contributed by atoms with Crippen molar-refractivity contribution in [2.75, 3.05) is 0 Å². The number of hydrogen-bond donors (Lipinski definition) is 1. The van der Waals surface area contributed by atoms with E-state index in [2.05, 4.69) is 97.8 Å². The van der Waals surface area contributed by atoms with Gasteiger partial charge in [-0.05, 0) is 81.8 Å². The van der Waals surface area contributed by atoms with E-state index in [1.54, 1.807) is 0 Å². The van der Waals surface area contributed by atoms with Gasteiger partial charge >= 0.3 is 0 Å².